The molecule has 5 aromatic rings. The molecule has 0 aliphatic carbocycles. The number of hydrogen-bond donors (Lipinski definition) is 1. The molecule has 1 N–H and O–H groups in total. The molecule has 3 heterocycles. The van der Waals surface area contributed by atoms with Gasteiger partial charge in [0, 0.05) is 17.4 Å². The summed E-state index contributed by atoms with van der Waals surface area (Å²) in [5.41, 5.74) is 9.41. The number of amides is 2. The van der Waals surface area contributed by atoms with E-state index in [4.69, 9.17) is 5.10 Å². The minimum absolute atomic E-state index is 0.143. The molecule has 2 amide bonds. The molecule has 1 aliphatic rings. The number of carbonyl (C=O) groups excluding carboxylic acids is 1. The van der Waals surface area contributed by atoms with E-state index in [1.54, 1.807) is 0 Å². The number of urea groups is 1. The second kappa shape index (κ2) is 9.95. The third-order valence-electron chi connectivity index (χ3n) is 7.81. The molecule has 6 nitrogen and oxygen atoms in total. The van der Waals surface area contributed by atoms with Crippen molar-refractivity contribution in [3.8, 4) is 11.5 Å². The van der Waals surface area contributed by atoms with E-state index in [9.17, 15) is 4.79 Å². The standard InChI is InChI=1S/C33H33N5O/c1-5-25-14-16-26(17-15-25)31-30-12-9-19-36(30)32-29(24(4)35-38(32)28-10-7-6-8-11-28)21-37(31)33(39)34-27-18-13-22(2)23(3)20-27/h6-20,31H,5,21H2,1-4H3,(H,34,39). The second-order valence-corrected chi connectivity index (χ2v) is 10.3. The van der Waals surface area contributed by atoms with Crippen LogP contribution in [0.25, 0.3) is 11.5 Å². The number of anilines is 1. The van der Waals surface area contributed by atoms with E-state index >= 15 is 0 Å². The molecule has 1 unspecified atom stereocenters. The third-order valence-corrected chi connectivity index (χ3v) is 7.81. The first-order valence-corrected chi connectivity index (χ1v) is 13.5. The molecule has 1 atom stereocenters. The zero-order valence-corrected chi connectivity index (χ0v) is 22.8. The van der Waals surface area contributed by atoms with Crippen LogP contribution in [0.5, 0.6) is 0 Å². The number of benzene rings is 3. The van der Waals surface area contributed by atoms with Gasteiger partial charge in [0.15, 0.2) is 0 Å². The van der Waals surface area contributed by atoms with Crippen LogP contribution in [0.2, 0.25) is 0 Å². The Morgan fingerprint density at radius 1 is 0.923 bits per heavy atom. The molecule has 0 radical (unpaired) electrons. The molecule has 0 saturated carbocycles. The van der Waals surface area contributed by atoms with Crippen LogP contribution >= 0.6 is 0 Å². The lowest BCUT2D eigenvalue weighted by atomic mass is 9.99. The highest BCUT2D eigenvalue weighted by molar-refractivity contribution is 5.90. The molecular formula is C33H33N5O. The molecule has 0 bridgehead atoms. The minimum Gasteiger partial charge on any atom is -0.308 e. The fourth-order valence-corrected chi connectivity index (χ4v) is 5.45. The molecule has 3 aromatic carbocycles. The number of nitrogens with zero attached hydrogens (tertiary/aromatic N) is 4. The van der Waals surface area contributed by atoms with E-state index < -0.39 is 0 Å². The van der Waals surface area contributed by atoms with Crippen LogP contribution in [0.1, 0.15) is 52.2 Å². The first-order chi connectivity index (χ1) is 18.9. The summed E-state index contributed by atoms with van der Waals surface area (Å²) in [4.78, 5) is 16.1. The van der Waals surface area contributed by atoms with E-state index in [2.05, 4.69) is 85.4 Å². The Balaban J connectivity index is 1.52. The van der Waals surface area contributed by atoms with Gasteiger partial charge in [0.05, 0.1) is 29.7 Å². The number of hydrogen-bond acceptors (Lipinski definition) is 2. The van der Waals surface area contributed by atoms with E-state index in [0.717, 1.165) is 51.7 Å². The summed E-state index contributed by atoms with van der Waals surface area (Å²) >= 11 is 0. The van der Waals surface area contributed by atoms with Gasteiger partial charge in [0.2, 0.25) is 0 Å². The van der Waals surface area contributed by atoms with Gasteiger partial charge in [-0.05, 0) is 85.8 Å². The topological polar surface area (TPSA) is 55.1 Å². The highest BCUT2D eigenvalue weighted by atomic mass is 16.2. The van der Waals surface area contributed by atoms with Gasteiger partial charge in [-0.25, -0.2) is 9.48 Å². The molecule has 0 fully saturated rings. The van der Waals surface area contributed by atoms with Crippen LogP contribution in [0, 0.1) is 20.8 Å². The van der Waals surface area contributed by atoms with E-state index in [0.29, 0.717) is 6.54 Å². The molecule has 0 spiro atoms. The highest BCUT2D eigenvalue weighted by Crippen LogP contribution is 2.39. The third kappa shape index (κ3) is 4.42. The second-order valence-electron chi connectivity index (χ2n) is 10.3. The summed E-state index contributed by atoms with van der Waals surface area (Å²) in [6, 6.07) is 28.6. The van der Waals surface area contributed by atoms with Crippen molar-refractivity contribution in [2.75, 3.05) is 5.32 Å². The highest BCUT2D eigenvalue weighted by Gasteiger charge is 2.36. The van der Waals surface area contributed by atoms with Crippen molar-refractivity contribution in [1.29, 1.82) is 0 Å². The van der Waals surface area contributed by atoms with Crippen LogP contribution in [-0.2, 0) is 13.0 Å². The number of nitrogens with one attached hydrogen (secondary N) is 1. The SMILES string of the molecule is CCc1ccc(C2c3cccn3-c3c(c(C)nn3-c3ccccc3)CN2C(=O)Nc2ccc(C)c(C)c2)cc1. The number of para-hydroxylation sites is 1. The van der Waals surface area contributed by atoms with Crippen molar-refractivity contribution in [2.24, 2.45) is 0 Å². The Hall–Kier alpha value is -4.58. The monoisotopic (exact) mass is 515 g/mol. The first-order valence-electron chi connectivity index (χ1n) is 13.5. The van der Waals surface area contributed by atoms with Gasteiger partial charge in [-0.15, -0.1) is 0 Å². The largest absolute Gasteiger partial charge is 0.322 e. The minimum atomic E-state index is -0.284. The predicted octanol–water partition coefficient (Wildman–Crippen LogP) is 7.29. The molecular weight excluding hydrogens is 482 g/mol. The average molecular weight is 516 g/mol. The van der Waals surface area contributed by atoms with Gasteiger partial charge in [-0.2, -0.15) is 5.10 Å². The molecule has 2 aromatic heterocycles. The Morgan fingerprint density at radius 3 is 2.41 bits per heavy atom. The predicted molar refractivity (Wildman–Crippen MR) is 156 cm³/mol. The lowest BCUT2D eigenvalue weighted by Gasteiger charge is -2.31. The fourth-order valence-electron chi connectivity index (χ4n) is 5.45. The van der Waals surface area contributed by atoms with Crippen molar-refractivity contribution in [3.63, 3.8) is 0 Å². The molecule has 1 aliphatic heterocycles. The Labute approximate surface area is 229 Å². The Bertz CT molecular complexity index is 1650. The number of carbonyl (C=O) groups is 1. The number of fused-ring (bicyclic) bond motifs is 3. The zero-order valence-electron chi connectivity index (χ0n) is 22.8. The first kappa shape index (κ1) is 24.7. The quantitative estimate of drug-likeness (QED) is 0.273. The van der Waals surface area contributed by atoms with Gasteiger partial charge in [0.25, 0.3) is 0 Å². The Morgan fingerprint density at radius 2 is 1.69 bits per heavy atom. The fraction of sp³-hybridized carbons (Fsp3) is 0.212. The molecule has 6 rings (SSSR count). The van der Waals surface area contributed by atoms with Crippen molar-refractivity contribution in [2.45, 2.75) is 46.7 Å². The van der Waals surface area contributed by atoms with Gasteiger partial charge in [-0.1, -0.05) is 55.5 Å². The van der Waals surface area contributed by atoms with Crippen molar-refractivity contribution in [3.05, 3.63) is 130 Å². The maximum atomic E-state index is 14.1. The van der Waals surface area contributed by atoms with Gasteiger partial charge < -0.3 is 14.8 Å². The van der Waals surface area contributed by atoms with Gasteiger partial charge in [0.1, 0.15) is 5.82 Å². The smallest absolute Gasteiger partial charge is 0.308 e. The van der Waals surface area contributed by atoms with Crippen LogP contribution in [-0.4, -0.2) is 25.3 Å². The van der Waals surface area contributed by atoms with Gasteiger partial charge in [-0.3, -0.25) is 0 Å². The van der Waals surface area contributed by atoms with Crippen molar-refractivity contribution < 1.29 is 4.79 Å². The van der Waals surface area contributed by atoms with E-state index in [1.807, 2.05) is 52.9 Å². The maximum absolute atomic E-state index is 14.1. The summed E-state index contributed by atoms with van der Waals surface area (Å²) in [5, 5.41) is 8.13. The molecule has 196 valence electrons. The summed E-state index contributed by atoms with van der Waals surface area (Å²) in [6.45, 7) is 8.75. The molecule has 0 saturated heterocycles. The number of aromatic nitrogens is 3. The summed E-state index contributed by atoms with van der Waals surface area (Å²) in [7, 11) is 0. The van der Waals surface area contributed by atoms with Crippen molar-refractivity contribution >= 4 is 11.7 Å². The van der Waals surface area contributed by atoms with Gasteiger partial charge >= 0.3 is 6.03 Å². The number of rotatable bonds is 4. The normalized spacial score (nSPS) is 14.5. The molecule has 39 heavy (non-hydrogen) atoms. The van der Waals surface area contributed by atoms with E-state index in [-0.39, 0.29) is 12.1 Å². The maximum Gasteiger partial charge on any atom is 0.322 e. The lowest BCUT2D eigenvalue weighted by molar-refractivity contribution is 0.194. The summed E-state index contributed by atoms with van der Waals surface area (Å²) in [6.07, 6.45) is 3.04. The zero-order chi connectivity index (χ0) is 27.1. The van der Waals surface area contributed by atoms with Crippen LogP contribution in [0.15, 0.2) is 91.1 Å². The average Bonchev–Trinajstić information content (AvgIpc) is 3.51. The van der Waals surface area contributed by atoms with Crippen molar-refractivity contribution in [1.82, 2.24) is 19.2 Å². The van der Waals surface area contributed by atoms with Crippen LogP contribution in [0.3, 0.4) is 0 Å². The lowest BCUT2D eigenvalue weighted by Crippen LogP contribution is -2.38. The summed E-state index contributed by atoms with van der Waals surface area (Å²) in [5.74, 6) is 0.968. The van der Waals surface area contributed by atoms with Crippen LogP contribution < -0.4 is 5.32 Å². The Kier molecular flexibility index (Phi) is 6.31. The van der Waals surface area contributed by atoms with E-state index in [1.165, 1.54) is 11.1 Å². The van der Waals surface area contributed by atoms with Crippen LogP contribution in [0.4, 0.5) is 10.5 Å². The number of aryl methyl sites for hydroxylation is 4. The summed E-state index contributed by atoms with van der Waals surface area (Å²) < 4.78 is 4.19. The molecule has 6 heteroatoms.